The van der Waals surface area contributed by atoms with Gasteiger partial charge in [0.1, 0.15) is 11.6 Å². The van der Waals surface area contributed by atoms with E-state index in [9.17, 15) is 9.18 Å². The Morgan fingerprint density at radius 1 is 1.03 bits per heavy atom. The molecule has 2 heterocycles. The van der Waals surface area contributed by atoms with Crippen molar-refractivity contribution >= 4 is 11.6 Å². The topological polar surface area (TPSA) is 80.5 Å². The summed E-state index contributed by atoms with van der Waals surface area (Å²) in [6.45, 7) is 2.12. The van der Waals surface area contributed by atoms with Gasteiger partial charge in [-0.05, 0) is 54.4 Å². The van der Waals surface area contributed by atoms with Gasteiger partial charge in [0.05, 0.1) is 25.3 Å². The fourth-order valence-electron chi connectivity index (χ4n) is 4.11. The second-order valence-electron chi connectivity index (χ2n) is 8.16. The molecular formula is C27H23FN4O3. The van der Waals surface area contributed by atoms with E-state index in [0.717, 1.165) is 22.4 Å². The summed E-state index contributed by atoms with van der Waals surface area (Å²) in [5, 5.41) is 7.25. The molecule has 2 amide bonds. The number of amides is 2. The lowest BCUT2D eigenvalue weighted by Gasteiger charge is -2.35. The molecule has 7 nitrogen and oxygen atoms in total. The van der Waals surface area contributed by atoms with E-state index in [-0.39, 0.29) is 18.4 Å². The lowest BCUT2D eigenvalue weighted by Crippen LogP contribution is -2.45. The van der Waals surface area contributed by atoms with Gasteiger partial charge < -0.3 is 14.6 Å². The van der Waals surface area contributed by atoms with E-state index in [1.165, 1.54) is 12.1 Å². The van der Waals surface area contributed by atoms with Crippen molar-refractivity contribution in [2.45, 2.75) is 19.5 Å². The molecule has 1 aromatic heterocycles. The van der Waals surface area contributed by atoms with Gasteiger partial charge in [-0.3, -0.25) is 4.90 Å². The number of hydrogen-bond acceptors (Lipinski definition) is 5. The quantitative estimate of drug-likeness (QED) is 0.398. The van der Waals surface area contributed by atoms with E-state index in [2.05, 4.69) is 15.5 Å². The van der Waals surface area contributed by atoms with Crippen molar-refractivity contribution in [3.8, 4) is 17.1 Å². The third kappa shape index (κ3) is 4.50. The van der Waals surface area contributed by atoms with Crippen molar-refractivity contribution in [2.24, 2.45) is 0 Å². The van der Waals surface area contributed by atoms with Gasteiger partial charge in [0.2, 0.25) is 5.82 Å². The number of ether oxygens (including phenoxy) is 1. The Kier molecular flexibility index (Phi) is 6.01. The summed E-state index contributed by atoms with van der Waals surface area (Å²) in [6, 6.07) is 22.3. The van der Waals surface area contributed by atoms with Crippen molar-refractivity contribution in [2.75, 3.05) is 7.11 Å². The Labute approximate surface area is 201 Å². The SMILES string of the molecule is COc1ccc(-c2noc(C3=C(C)N(Cc4ccc(F)cc4)C(=O)NC3c3ccccc3)n2)cc1. The Morgan fingerprint density at radius 2 is 1.74 bits per heavy atom. The second kappa shape index (κ2) is 9.42. The van der Waals surface area contributed by atoms with Crippen LogP contribution in [0.1, 0.15) is 30.0 Å². The van der Waals surface area contributed by atoms with Crippen LogP contribution in [0.2, 0.25) is 0 Å². The van der Waals surface area contributed by atoms with Crippen LogP contribution in [0, 0.1) is 5.82 Å². The third-order valence-corrected chi connectivity index (χ3v) is 5.99. The van der Waals surface area contributed by atoms with Crippen LogP contribution in [0.25, 0.3) is 17.0 Å². The van der Waals surface area contributed by atoms with Crippen LogP contribution >= 0.6 is 0 Å². The largest absolute Gasteiger partial charge is 0.497 e. The number of urea groups is 1. The minimum absolute atomic E-state index is 0.265. The minimum atomic E-state index is -0.475. The highest BCUT2D eigenvalue weighted by molar-refractivity contribution is 5.86. The van der Waals surface area contributed by atoms with Crippen LogP contribution in [0.5, 0.6) is 5.75 Å². The first-order chi connectivity index (χ1) is 17.0. The second-order valence-corrected chi connectivity index (χ2v) is 8.16. The number of carbonyl (C=O) groups is 1. The number of nitrogens with zero attached hydrogens (tertiary/aromatic N) is 3. The summed E-state index contributed by atoms with van der Waals surface area (Å²) >= 11 is 0. The summed E-state index contributed by atoms with van der Waals surface area (Å²) in [7, 11) is 1.61. The highest BCUT2D eigenvalue weighted by Gasteiger charge is 2.35. The highest BCUT2D eigenvalue weighted by Crippen LogP contribution is 2.37. The molecular weight excluding hydrogens is 447 g/mol. The molecule has 1 aliphatic heterocycles. The van der Waals surface area contributed by atoms with Crippen LogP contribution in [-0.4, -0.2) is 28.2 Å². The van der Waals surface area contributed by atoms with Gasteiger partial charge in [0.15, 0.2) is 0 Å². The molecule has 0 saturated heterocycles. The van der Waals surface area contributed by atoms with Crippen LogP contribution in [0.3, 0.4) is 0 Å². The molecule has 35 heavy (non-hydrogen) atoms. The predicted octanol–water partition coefficient (Wildman–Crippen LogP) is 5.58. The summed E-state index contributed by atoms with van der Waals surface area (Å²) < 4.78 is 24.3. The lowest BCUT2D eigenvalue weighted by molar-refractivity contribution is 0.203. The highest BCUT2D eigenvalue weighted by atomic mass is 19.1. The minimum Gasteiger partial charge on any atom is -0.497 e. The molecule has 1 atom stereocenters. The average molecular weight is 471 g/mol. The van der Waals surface area contributed by atoms with Gasteiger partial charge in [-0.2, -0.15) is 4.98 Å². The molecule has 4 aromatic rings. The Balaban J connectivity index is 1.56. The molecule has 0 spiro atoms. The molecule has 1 unspecified atom stereocenters. The van der Waals surface area contributed by atoms with Gasteiger partial charge in [-0.1, -0.05) is 47.6 Å². The molecule has 8 heteroatoms. The Hall–Kier alpha value is -4.46. The molecule has 0 radical (unpaired) electrons. The van der Waals surface area contributed by atoms with E-state index in [1.807, 2.05) is 61.5 Å². The van der Waals surface area contributed by atoms with E-state index in [1.54, 1.807) is 24.1 Å². The van der Waals surface area contributed by atoms with E-state index < -0.39 is 6.04 Å². The summed E-state index contributed by atoms with van der Waals surface area (Å²) in [5.41, 5.74) is 3.84. The number of carbonyl (C=O) groups excluding carboxylic acids is 1. The van der Waals surface area contributed by atoms with Crippen molar-refractivity contribution < 1.29 is 18.4 Å². The van der Waals surface area contributed by atoms with Crippen molar-refractivity contribution in [3.05, 3.63) is 107 Å². The number of nitrogens with one attached hydrogen (secondary N) is 1. The molecule has 1 N–H and O–H groups in total. The van der Waals surface area contributed by atoms with Crippen LogP contribution in [-0.2, 0) is 6.54 Å². The van der Waals surface area contributed by atoms with E-state index >= 15 is 0 Å². The van der Waals surface area contributed by atoms with Crippen LogP contribution < -0.4 is 10.1 Å². The monoisotopic (exact) mass is 470 g/mol. The smallest absolute Gasteiger partial charge is 0.322 e. The zero-order valence-electron chi connectivity index (χ0n) is 19.2. The van der Waals surface area contributed by atoms with Gasteiger partial charge in [0, 0.05) is 11.3 Å². The van der Waals surface area contributed by atoms with Crippen molar-refractivity contribution in [1.29, 1.82) is 0 Å². The zero-order valence-corrected chi connectivity index (χ0v) is 19.2. The normalized spacial score (nSPS) is 15.8. The number of methoxy groups -OCH3 is 1. The molecule has 0 bridgehead atoms. The van der Waals surface area contributed by atoms with Crippen LogP contribution in [0.15, 0.2) is 89.1 Å². The molecule has 5 rings (SSSR count). The molecule has 1 aliphatic rings. The summed E-state index contributed by atoms with van der Waals surface area (Å²) in [6.07, 6.45) is 0. The first kappa shape index (κ1) is 22.3. The fraction of sp³-hybridized carbons (Fsp3) is 0.148. The number of halogens is 1. The maximum absolute atomic E-state index is 13.4. The van der Waals surface area contributed by atoms with Gasteiger partial charge in [0.25, 0.3) is 5.89 Å². The number of rotatable bonds is 6. The number of allylic oxidation sites excluding steroid dienone is 1. The fourth-order valence-corrected chi connectivity index (χ4v) is 4.11. The predicted molar refractivity (Wildman–Crippen MR) is 129 cm³/mol. The van der Waals surface area contributed by atoms with Gasteiger partial charge in [-0.15, -0.1) is 0 Å². The average Bonchev–Trinajstić information content (AvgIpc) is 3.37. The lowest BCUT2D eigenvalue weighted by atomic mass is 9.94. The first-order valence-corrected chi connectivity index (χ1v) is 11.1. The Bertz CT molecular complexity index is 1370. The van der Waals surface area contributed by atoms with Crippen molar-refractivity contribution in [3.63, 3.8) is 0 Å². The maximum Gasteiger partial charge on any atom is 0.322 e. The number of benzene rings is 3. The molecule has 0 saturated carbocycles. The first-order valence-electron chi connectivity index (χ1n) is 11.1. The molecule has 3 aromatic carbocycles. The van der Waals surface area contributed by atoms with Crippen LogP contribution in [0.4, 0.5) is 9.18 Å². The van der Waals surface area contributed by atoms with Gasteiger partial charge >= 0.3 is 6.03 Å². The maximum atomic E-state index is 13.4. The van der Waals surface area contributed by atoms with Crippen molar-refractivity contribution in [1.82, 2.24) is 20.4 Å². The van der Waals surface area contributed by atoms with E-state index in [0.29, 0.717) is 23.0 Å². The zero-order chi connectivity index (χ0) is 24.4. The summed E-state index contributed by atoms with van der Waals surface area (Å²) in [4.78, 5) is 19.4. The summed E-state index contributed by atoms with van der Waals surface area (Å²) in [5.74, 6) is 1.14. The Morgan fingerprint density at radius 3 is 2.43 bits per heavy atom. The van der Waals surface area contributed by atoms with E-state index in [4.69, 9.17) is 9.26 Å². The standard InChI is InChI=1S/C27H23FN4O3/c1-17-23(26-30-25(31-35-26)20-10-14-22(34-2)15-11-20)24(19-6-4-3-5-7-19)29-27(33)32(17)16-18-8-12-21(28)13-9-18/h3-15,24H,16H2,1-2H3,(H,29,33). The van der Waals surface area contributed by atoms with Gasteiger partial charge in [-0.25, -0.2) is 9.18 Å². The molecule has 176 valence electrons. The molecule has 0 aliphatic carbocycles. The number of hydrogen-bond donors (Lipinski definition) is 1. The number of aromatic nitrogens is 2. The third-order valence-electron chi connectivity index (χ3n) is 5.99. The molecule has 0 fully saturated rings.